The Morgan fingerprint density at radius 1 is 1.03 bits per heavy atom. The van der Waals surface area contributed by atoms with Crippen LogP contribution in [0.25, 0.3) is 27.0 Å². The predicted octanol–water partition coefficient (Wildman–Crippen LogP) is 8.12. The average molecular weight is 548 g/mol. The molecule has 1 N–H and O–H groups in total. The molecule has 2 heterocycles. The molecule has 5 rings (SSSR count). The van der Waals surface area contributed by atoms with E-state index < -0.39 is 0 Å². The van der Waals surface area contributed by atoms with Crippen molar-refractivity contribution in [2.45, 2.75) is 26.2 Å². The van der Waals surface area contributed by atoms with Crippen LogP contribution in [-0.4, -0.2) is 21.9 Å². The topological polar surface area (TPSA) is 59.3 Å². The number of carbonyl (C=O) groups is 1. The Hall–Kier alpha value is -3.45. The molecule has 0 fully saturated rings. The lowest BCUT2D eigenvalue weighted by molar-refractivity contribution is 0.0959. The minimum atomic E-state index is -0.358. The fraction of sp³-hybridized carbons (Fsp3) is 0.138. The number of nitrogens with zero attached hydrogens (tertiary/aromatic N) is 3. The van der Waals surface area contributed by atoms with Gasteiger partial charge in [-0.15, -0.1) is 11.3 Å². The molecule has 0 saturated heterocycles. The molecule has 2 aromatic heterocycles. The third kappa shape index (κ3) is 5.32. The molecular formula is C29H24Cl2N4OS. The van der Waals surface area contributed by atoms with E-state index >= 15 is 0 Å². The second-order valence-electron chi connectivity index (χ2n) is 9.63. The van der Waals surface area contributed by atoms with Crippen molar-refractivity contribution in [1.29, 1.82) is 0 Å². The molecule has 5 nitrogen and oxygen atoms in total. The number of carbonyl (C=O) groups excluding carboxylic acids is 1. The van der Waals surface area contributed by atoms with Gasteiger partial charge in [0.25, 0.3) is 5.91 Å². The van der Waals surface area contributed by atoms with Crippen molar-refractivity contribution >= 4 is 56.7 Å². The number of aromatic nitrogens is 2. The fourth-order valence-electron chi connectivity index (χ4n) is 3.92. The molecule has 186 valence electrons. The van der Waals surface area contributed by atoms with E-state index in [0.717, 1.165) is 26.9 Å². The van der Waals surface area contributed by atoms with Crippen LogP contribution >= 0.6 is 34.5 Å². The summed E-state index contributed by atoms with van der Waals surface area (Å²) in [5.41, 5.74) is 7.07. The second kappa shape index (κ2) is 10.1. The summed E-state index contributed by atoms with van der Waals surface area (Å²) in [6.45, 7) is 6.47. The van der Waals surface area contributed by atoms with Crippen molar-refractivity contribution in [2.24, 2.45) is 5.10 Å². The Bertz CT molecular complexity index is 1610. The van der Waals surface area contributed by atoms with Crippen LogP contribution in [0, 0.1) is 0 Å². The SMILES string of the molecule is CC(C)(C)c1ccc2c(Cl)c(C(=O)NN=Cc3cn(-c4ccccc4)nc3-c3ccc(Cl)cc3)sc2c1. The van der Waals surface area contributed by atoms with E-state index in [4.69, 9.17) is 28.3 Å². The first-order valence-electron chi connectivity index (χ1n) is 11.7. The number of hydrazone groups is 1. The smallest absolute Gasteiger partial charge is 0.266 e. The largest absolute Gasteiger partial charge is 0.283 e. The first-order chi connectivity index (χ1) is 17.7. The van der Waals surface area contributed by atoms with Crippen LogP contribution in [-0.2, 0) is 5.41 Å². The zero-order chi connectivity index (χ0) is 26.2. The Kier molecular flexibility index (Phi) is 6.90. The summed E-state index contributed by atoms with van der Waals surface area (Å²) in [7, 11) is 0. The summed E-state index contributed by atoms with van der Waals surface area (Å²) in [6.07, 6.45) is 3.46. The number of fused-ring (bicyclic) bond motifs is 1. The summed E-state index contributed by atoms with van der Waals surface area (Å²) in [5, 5.41) is 10.9. The Labute approximate surface area is 229 Å². The number of halogens is 2. The summed E-state index contributed by atoms with van der Waals surface area (Å²) >= 11 is 14.0. The van der Waals surface area contributed by atoms with Crippen molar-refractivity contribution in [3.63, 3.8) is 0 Å². The van der Waals surface area contributed by atoms with Gasteiger partial charge in [0.2, 0.25) is 0 Å². The van der Waals surface area contributed by atoms with Crippen molar-refractivity contribution in [2.75, 3.05) is 0 Å². The van der Waals surface area contributed by atoms with Crippen LogP contribution in [0.15, 0.2) is 84.1 Å². The molecule has 0 aliphatic carbocycles. The average Bonchev–Trinajstić information content (AvgIpc) is 3.45. The quantitative estimate of drug-likeness (QED) is 0.178. The van der Waals surface area contributed by atoms with Crippen LogP contribution in [0.5, 0.6) is 0 Å². The maximum absolute atomic E-state index is 13.0. The predicted molar refractivity (Wildman–Crippen MR) is 155 cm³/mol. The molecule has 0 aliphatic rings. The number of hydrogen-bond donors (Lipinski definition) is 1. The summed E-state index contributed by atoms with van der Waals surface area (Å²) in [6, 6.07) is 23.4. The van der Waals surface area contributed by atoms with Crippen LogP contribution in [0.4, 0.5) is 0 Å². The molecule has 0 unspecified atom stereocenters. The highest BCUT2D eigenvalue weighted by Crippen LogP contribution is 2.37. The normalized spacial score (nSPS) is 11.9. The second-order valence-corrected chi connectivity index (χ2v) is 11.5. The molecule has 1 amide bonds. The third-order valence-corrected chi connectivity index (χ3v) is 7.86. The molecule has 0 saturated carbocycles. The highest BCUT2D eigenvalue weighted by atomic mass is 35.5. The molecule has 5 aromatic rings. The fourth-order valence-corrected chi connectivity index (χ4v) is 5.49. The van der Waals surface area contributed by atoms with Crippen molar-refractivity contribution < 1.29 is 4.79 Å². The lowest BCUT2D eigenvalue weighted by Gasteiger charge is -2.18. The van der Waals surface area contributed by atoms with Gasteiger partial charge < -0.3 is 0 Å². The van der Waals surface area contributed by atoms with Crippen molar-refractivity contribution in [3.8, 4) is 16.9 Å². The minimum Gasteiger partial charge on any atom is -0.266 e. The van der Waals surface area contributed by atoms with Crippen molar-refractivity contribution in [3.05, 3.63) is 105 Å². The zero-order valence-corrected chi connectivity index (χ0v) is 22.8. The third-order valence-electron chi connectivity index (χ3n) is 5.95. The number of nitrogens with one attached hydrogen (secondary N) is 1. The molecule has 8 heteroatoms. The molecule has 0 radical (unpaired) electrons. The lowest BCUT2D eigenvalue weighted by atomic mass is 9.87. The van der Waals surface area contributed by atoms with Gasteiger partial charge in [-0.05, 0) is 41.3 Å². The van der Waals surface area contributed by atoms with E-state index in [1.807, 2.05) is 66.9 Å². The van der Waals surface area contributed by atoms with Gasteiger partial charge in [0.1, 0.15) is 10.6 Å². The van der Waals surface area contributed by atoms with E-state index in [0.29, 0.717) is 20.6 Å². The maximum atomic E-state index is 13.0. The minimum absolute atomic E-state index is 0.00333. The lowest BCUT2D eigenvalue weighted by Crippen LogP contribution is -2.16. The highest BCUT2D eigenvalue weighted by Gasteiger charge is 2.20. The van der Waals surface area contributed by atoms with E-state index in [1.54, 1.807) is 10.9 Å². The van der Waals surface area contributed by atoms with Crippen LogP contribution < -0.4 is 5.43 Å². The number of thiophene rings is 1. The molecule has 0 atom stereocenters. The summed E-state index contributed by atoms with van der Waals surface area (Å²) in [4.78, 5) is 13.4. The standard InChI is InChI=1S/C29H24Cl2N4OS/c1-29(2,3)20-11-14-23-24(15-20)37-27(25(23)31)28(36)33-32-16-19-17-35(22-7-5-4-6-8-22)34-26(19)18-9-12-21(30)13-10-18/h4-17H,1-3H3,(H,33,36). The van der Waals surface area contributed by atoms with Gasteiger partial charge in [0.15, 0.2) is 0 Å². The molecule has 0 spiro atoms. The highest BCUT2D eigenvalue weighted by molar-refractivity contribution is 7.21. The number of hydrogen-bond acceptors (Lipinski definition) is 4. The van der Waals surface area contributed by atoms with E-state index in [9.17, 15) is 4.79 Å². The Balaban J connectivity index is 1.43. The van der Waals surface area contributed by atoms with Gasteiger partial charge in [-0.25, -0.2) is 10.1 Å². The summed E-state index contributed by atoms with van der Waals surface area (Å²) < 4.78 is 2.75. The summed E-state index contributed by atoms with van der Waals surface area (Å²) in [5.74, 6) is -0.358. The number of rotatable bonds is 5. The maximum Gasteiger partial charge on any atom is 0.283 e. The van der Waals surface area contributed by atoms with Gasteiger partial charge in [-0.2, -0.15) is 10.2 Å². The Morgan fingerprint density at radius 3 is 2.46 bits per heavy atom. The number of para-hydroxylation sites is 1. The molecule has 3 aromatic carbocycles. The molecular weight excluding hydrogens is 523 g/mol. The Morgan fingerprint density at radius 2 is 1.76 bits per heavy atom. The first-order valence-corrected chi connectivity index (χ1v) is 13.2. The molecule has 37 heavy (non-hydrogen) atoms. The van der Waals surface area contributed by atoms with E-state index in [-0.39, 0.29) is 11.3 Å². The zero-order valence-electron chi connectivity index (χ0n) is 20.5. The van der Waals surface area contributed by atoms with Crippen LogP contribution in [0.3, 0.4) is 0 Å². The molecule has 0 bridgehead atoms. The number of benzene rings is 3. The van der Waals surface area contributed by atoms with E-state index in [2.05, 4.69) is 43.4 Å². The van der Waals surface area contributed by atoms with Gasteiger partial charge >= 0.3 is 0 Å². The van der Waals surface area contributed by atoms with Crippen LogP contribution in [0.1, 0.15) is 41.6 Å². The first kappa shape index (κ1) is 25.2. The van der Waals surface area contributed by atoms with Gasteiger partial charge in [-0.3, -0.25) is 4.79 Å². The van der Waals surface area contributed by atoms with Crippen molar-refractivity contribution in [1.82, 2.24) is 15.2 Å². The van der Waals surface area contributed by atoms with Gasteiger partial charge in [0, 0.05) is 32.4 Å². The number of amides is 1. The van der Waals surface area contributed by atoms with Crippen LogP contribution in [0.2, 0.25) is 10.0 Å². The van der Waals surface area contributed by atoms with E-state index in [1.165, 1.54) is 16.9 Å². The monoisotopic (exact) mass is 546 g/mol. The van der Waals surface area contributed by atoms with Gasteiger partial charge in [-0.1, -0.05) is 86.4 Å². The van der Waals surface area contributed by atoms with Gasteiger partial charge in [0.05, 0.1) is 16.9 Å². The molecule has 0 aliphatic heterocycles.